The second-order valence-corrected chi connectivity index (χ2v) is 11.2. The molecule has 0 spiro atoms. The lowest BCUT2D eigenvalue weighted by Crippen LogP contribution is -2.36. The molecule has 1 atom stereocenters. The predicted octanol–water partition coefficient (Wildman–Crippen LogP) is 7.57. The summed E-state index contributed by atoms with van der Waals surface area (Å²) in [6, 6.07) is 16.6. The monoisotopic (exact) mass is 464 g/mol. The van der Waals surface area contributed by atoms with Crippen LogP contribution < -0.4 is 0 Å². The van der Waals surface area contributed by atoms with Crippen LogP contribution in [0.3, 0.4) is 0 Å². The molecule has 4 nitrogen and oxygen atoms in total. The van der Waals surface area contributed by atoms with Gasteiger partial charge in [-0.05, 0) is 84.6 Å². The molecule has 0 saturated heterocycles. The van der Waals surface area contributed by atoms with Gasteiger partial charge in [-0.25, -0.2) is 19.6 Å². The SMILES string of the molecule is C=Cc1ccc(-c2ccccc2)c(CC(C)(C#CC(C)(C)OOC(C)(C)C)OOC(C)(C)C)c1. The summed E-state index contributed by atoms with van der Waals surface area (Å²) in [5, 5.41) is 0. The molecule has 0 heterocycles. The van der Waals surface area contributed by atoms with E-state index in [-0.39, 0.29) is 0 Å². The number of benzene rings is 2. The van der Waals surface area contributed by atoms with Crippen molar-refractivity contribution in [1.82, 2.24) is 0 Å². The van der Waals surface area contributed by atoms with Crippen molar-refractivity contribution in [2.75, 3.05) is 0 Å². The zero-order valence-corrected chi connectivity index (χ0v) is 22.2. The number of rotatable bonds is 8. The van der Waals surface area contributed by atoms with Gasteiger partial charge in [-0.1, -0.05) is 73.0 Å². The Morgan fingerprint density at radius 1 is 0.735 bits per heavy atom. The summed E-state index contributed by atoms with van der Waals surface area (Å²) in [6.45, 7) is 21.2. The maximum absolute atomic E-state index is 6.01. The molecule has 0 aliphatic carbocycles. The first-order chi connectivity index (χ1) is 15.6. The van der Waals surface area contributed by atoms with Crippen LogP contribution >= 0.6 is 0 Å². The van der Waals surface area contributed by atoms with Crippen LogP contribution in [0.4, 0.5) is 0 Å². The van der Waals surface area contributed by atoms with Crippen molar-refractivity contribution in [3.05, 3.63) is 66.2 Å². The van der Waals surface area contributed by atoms with Crippen molar-refractivity contribution in [1.29, 1.82) is 0 Å². The molecule has 1 unspecified atom stereocenters. The van der Waals surface area contributed by atoms with Gasteiger partial charge in [-0.2, -0.15) is 0 Å². The molecule has 2 aromatic rings. The summed E-state index contributed by atoms with van der Waals surface area (Å²) in [5.41, 5.74) is 1.64. The maximum atomic E-state index is 6.01. The molecule has 2 rings (SSSR count). The molecule has 4 heteroatoms. The standard InChI is InChI=1S/C30H40O4/c1-11-23-17-18-26(24-15-13-12-14-16-24)25(21-23)22-30(10,34-32-28(5,6)7)20-19-29(8,9)33-31-27(2,3)4/h11-18,21H,1,22H2,2-10H3. The molecule has 0 aliphatic heterocycles. The fraction of sp³-hybridized carbons (Fsp3) is 0.467. The second kappa shape index (κ2) is 10.9. The van der Waals surface area contributed by atoms with Crippen LogP contribution in [0.2, 0.25) is 0 Å². The maximum Gasteiger partial charge on any atom is 0.165 e. The smallest absolute Gasteiger partial charge is 0.165 e. The first kappa shape index (κ1) is 27.8. The van der Waals surface area contributed by atoms with Crippen LogP contribution in [0, 0.1) is 11.8 Å². The summed E-state index contributed by atoms with van der Waals surface area (Å²) in [6.07, 6.45) is 2.34. The molecule has 0 aromatic heterocycles. The van der Waals surface area contributed by atoms with E-state index in [1.54, 1.807) is 0 Å². The molecular weight excluding hydrogens is 424 g/mol. The van der Waals surface area contributed by atoms with E-state index in [9.17, 15) is 0 Å². The highest BCUT2D eigenvalue weighted by Crippen LogP contribution is 2.30. The Morgan fingerprint density at radius 2 is 1.32 bits per heavy atom. The molecule has 0 fully saturated rings. The Hall–Kier alpha value is -2.42. The van der Waals surface area contributed by atoms with Gasteiger partial charge in [0.25, 0.3) is 0 Å². The first-order valence-electron chi connectivity index (χ1n) is 11.7. The average molecular weight is 465 g/mol. The summed E-state index contributed by atoms with van der Waals surface area (Å²) >= 11 is 0. The van der Waals surface area contributed by atoms with Crippen LogP contribution in [-0.4, -0.2) is 22.4 Å². The zero-order valence-electron chi connectivity index (χ0n) is 22.2. The normalized spacial score (nSPS) is 14.1. The summed E-state index contributed by atoms with van der Waals surface area (Å²) in [5.74, 6) is 6.48. The highest BCUT2D eigenvalue weighted by molar-refractivity contribution is 5.70. The van der Waals surface area contributed by atoms with Gasteiger partial charge < -0.3 is 0 Å². The molecule has 0 amide bonds. The number of hydrogen-bond acceptors (Lipinski definition) is 4. The van der Waals surface area contributed by atoms with Crippen molar-refractivity contribution in [2.24, 2.45) is 0 Å². The van der Waals surface area contributed by atoms with E-state index in [0.717, 1.165) is 22.3 Å². The second-order valence-electron chi connectivity index (χ2n) is 11.2. The minimum absolute atomic E-state index is 0.441. The lowest BCUT2D eigenvalue weighted by atomic mass is 9.89. The Kier molecular flexibility index (Phi) is 8.91. The minimum atomic E-state index is -0.945. The van der Waals surface area contributed by atoms with Crippen LogP contribution in [0.15, 0.2) is 55.1 Å². The van der Waals surface area contributed by atoms with E-state index in [4.69, 9.17) is 19.6 Å². The molecule has 34 heavy (non-hydrogen) atoms. The molecule has 184 valence electrons. The molecule has 0 saturated carbocycles. The molecule has 0 bridgehead atoms. The molecule has 0 aliphatic rings. The van der Waals surface area contributed by atoms with Crippen molar-refractivity contribution >= 4 is 6.08 Å². The van der Waals surface area contributed by atoms with Gasteiger partial charge in [0.1, 0.15) is 0 Å². The van der Waals surface area contributed by atoms with Crippen LogP contribution in [0.25, 0.3) is 17.2 Å². The largest absolute Gasteiger partial charge is 0.229 e. The van der Waals surface area contributed by atoms with Gasteiger partial charge >= 0.3 is 0 Å². The highest BCUT2D eigenvalue weighted by atomic mass is 17.2. The summed E-state index contributed by atoms with van der Waals surface area (Å²) in [7, 11) is 0. The van der Waals surface area contributed by atoms with Crippen molar-refractivity contribution in [2.45, 2.75) is 91.1 Å². The third kappa shape index (κ3) is 9.44. The van der Waals surface area contributed by atoms with Crippen molar-refractivity contribution in [3.8, 4) is 23.0 Å². The fourth-order valence-corrected chi connectivity index (χ4v) is 2.99. The van der Waals surface area contributed by atoms with Crippen LogP contribution in [-0.2, 0) is 26.0 Å². The molecular formula is C30H40O4. The average Bonchev–Trinajstić information content (AvgIpc) is 2.75. The molecule has 0 N–H and O–H groups in total. The van der Waals surface area contributed by atoms with Gasteiger partial charge in [0.2, 0.25) is 0 Å². The highest BCUT2D eigenvalue weighted by Gasteiger charge is 2.31. The van der Waals surface area contributed by atoms with E-state index in [1.165, 1.54) is 0 Å². The lowest BCUT2D eigenvalue weighted by Gasteiger charge is -2.29. The third-order valence-corrected chi connectivity index (χ3v) is 4.58. The zero-order chi connectivity index (χ0) is 25.6. The Morgan fingerprint density at radius 3 is 1.88 bits per heavy atom. The van der Waals surface area contributed by atoms with Crippen LogP contribution in [0.5, 0.6) is 0 Å². The van der Waals surface area contributed by atoms with Crippen molar-refractivity contribution < 1.29 is 19.6 Å². The fourth-order valence-electron chi connectivity index (χ4n) is 2.99. The van der Waals surface area contributed by atoms with E-state index >= 15 is 0 Å². The van der Waals surface area contributed by atoms with E-state index in [1.807, 2.05) is 86.6 Å². The quantitative estimate of drug-likeness (QED) is 0.229. The Labute approximate surface area is 206 Å². The molecule has 2 aromatic carbocycles. The van der Waals surface area contributed by atoms with Crippen LogP contribution in [0.1, 0.15) is 73.4 Å². The summed E-state index contributed by atoms with van der Waals surface area (Å²) < 4.78 is 0. The Bertz CT molecular complexity index is 1010. The van der Waals surface area contributed by atoms with Gasteiger partial charge in [0, 0.05) is 6.42 Å². The van der Waals surface area contributed by atoms with E-state index in [0.29, 0.717) is 6.42 Å². The third-order valence-electron chi connectivity index (χ3n) is 4.58. The Balaban J connectivity index is 2.47. The van der Waals surface area contributed by atoms with Gasteiger partial charge in [0.05, 0.1) is 11.2 Å². The predicted molar refractivity (Wildman–Crippen MR) is 140 cm³/mol. The first-order valence-corrected chi connectivity index (χ1v) is 11.7. The van der Waals surface area contributed by atoms with Gasteiger partial charge in [-0.15, -0.1) is 0 Å². The van der Waals surface area contributed by atoms with Gasteiger partial charge in [0.15, 0.2) is 11.2 Å². The van der Waals surface area contributed by atoms with Gasteiger partial charge in [-0.3, -0.25) is 0 Å². The van der Waals surface area contributed by atoms with Crippen molar-refractivity contribution in [3.63, 3.8) is 0 Å². The lowest BCUT2D eigenvalue weighted by molar-refractivity contribution is -0.389. The topological polar surface area (TPSA) is 36.9 Å². The minimum Gasteiger partial charge on any atom is -0.229 e. The molecule has 0 radical (unpaired) electrons. The van der Waals surface area contributed by atoms with E-state index < -0.39 is 22.4 Å². The number of hydrogen-bond donors (Lipinski definition) is 0. The van der Waals surface area contributed by atoms with E-state index in [2.05, 4.69) is 48.8 Å². The summed E-state index contributed by atoms with van der Waals surface area (Å²) in [4.78, 5) is 22.9.